The number of benzene rings is 3. The summed E-state index contributed by atoms with van der Waals surface area (Å²) < 4.78 is 37.7. The summed E-state index contributed by atoms with van der Waals surface area (Å²) in [6, 6.07) is 22.1. The highest BCUT2D eigenvalue weighted by Crippen LogP contribution is 2.24. The van der Waals surface area contributed by atoms with Crippen LogP contribution in [0.3, 0.4) is 0 Å². The van der Waals surface area contributed by atoms with E-state index < -0.39 is 28.5 Å². The van der Waals surface area contributed by atoms with Gasteiger partial charge >= 0.3 is 5.97 Å². The fraction of sp³-hybridized carbons (Fsp3) is 0.154. The second kappa shape index (κ2) is 10.5. The number of carbonyl (C=O) groups excluding carboxylic acids is 2. The van der Waals surface area contributed by atoms with Gasteiger partial charge in [-0.05, 0) is 53.6 Å². The normalized spacial score (nSPS) is 12.3. The molecule has 180 valence electrons. The minimum atomic E-state index is -3.89. The highest BCUT2D eigenvalue weighted by Gasteiger charge is 2.19. The molecule has 0 radical (unpaired) electrons. The third-order valence-electron chi connectivity index (χ3n) is 5.40. The van der Waals surface area contributed by atoms with Crippen molar-refractivity contribution in [3.05, 3.63) is 102 Å². The molecule has 0 bridgehead atoms. The first-order chi connectivity index (χ1) is 16.8. The second-order valence-corrected chi connectivity index (χ2v) is 9.63. The summed E-state index contributed by atoms with van der Waals surface area (Å²) >= 11 is 0. The lowest BCUT2D eigenvalue weighted by Crippen LogP contribution is -2.31. The quantitative estimate of drug-likeness (QED) is 0.342. The molecule has 1 heterocycles. The van der Waals surface area contributed by atoms with E-state index in [1.807, 2.05) is 49.4 Å². The number of nitrogens with one attached hydrogen (secondary N) is 2. The number of rotatable bonds is 9. The molecule has 35 heavy (non-hydrogen) atoms. The van der Waals surface area contributed by atoms with Gasteiger partial charge < -0.3 is 14.5 Å². The van der Waals surface area contributed by atoms with E-state index in [4.69, 9.17) is 9.15 Å². The molecule has 3 aromatic carbocycles. The number of hydrogen-bond donors (Lipinski definition) is 2. The molecule has 0 spiro atoms. The Bertz CT molecular complexity index is 1440. The number of amides is 1. The third-order valence-corrected chi connectivity index (χ3v) is 6.80. The van der Waals surface area contributed by atoms with Crippen LogP contribution in [-0.4, -0.2) is 26.9 Å². The largest absolute Gasteiger partial charge is 0.468 e. The van der Waals surface area contributed by atoms with E-state index in [0.717, 1.165) is 16.3 Å². The zero-order valence-electron chi connectivity index (χ0n) is 18.9. The van der Waals surface area contributed by atoms with E-state index in [1.165, 1.54) is 30.5 Å². The number of ether oxygens (including phenoxy) is 1. The number of fused-ring (bicyclic) bond motifs is 1. The Balaban J connectivity index is 1.35. The van der Waals surface area contributed by atoms with Crippen molar-refractivity contribution >= 4 is 32.7 Å². The Kier molecular flexibility index (Phi) is 7.28. The topological polar surface area (TPSA) is 115 Å². The zero-order chi connectivity index (χ0) is 24.8. The maximum atomic E-state index is 12.5. The fourth-order valence-electron chi connectivity index (χ4n) is 3.66. The Morgan fingerprint density at radius 1 is 0.971 bits per heavy atom. The first kappa shape index (κ1) is 24.2. The Morgan fingerprint density at radius 3 is 2.54 bits per heavy atom. The molecule has 2 N–H and O–H groups in total. The van der Waals surface area contributed by atoms with Crippen LogP contribution >= 0.6 is 0 Å². The van der Waals surface area contributed by atoms with Crippen LogP contribution in [0.5, 0.6) is 0 Å². The van der Waals surface area contributed by atoms with E-state index in [1.54, 1.807) is 12.1 Å². The molecular weight excluding hydrogens is 468 g/mol. The second-order valence-electron chi connectivity index (χ2n) is 7.87. The van der Waals surface area contributed by atoms with Crippen molar-refractivity contribution in [2.75, 3.05) is 6.61 Å². The zero-order valence-corrected chi connectivity index (χ0v) is 19.7. The van der Waals surface area contributed by atoms with Crippen molar-refractivity contribution in [2.24, 2.45) is 0 Å². The fourth-order valence-corrected chi connectivity index (χ4v) is 4.70. The van der Waals surface area contributed by atoms with Gasteiger partial charge in [0.2, 0.25) is 10.0 Å². The predicted octanol–water partition coefficient (Wildman–Crippen LogP) is 3.95. The van der Waals surface area contributed by atoms with Crippen molar-refractivity contribution < 1.29 is 27.2 Å². The molecule has 9 heteroatoms. The maximum absolute atomic E-state index is 12.5. The molecule has 0 aliphatic carbocycles. The maximum Gasteiger partial charge on any atom is 0.338 e. The number of sulfonamides is 1. The summed E-state index contributed by atoms with van der Waals surface area (Å²) in [5.41, 5.74) is 0.962. The molecule has 1 atom stereocenters. The van der Waals surface area contributed by atoms with E-state index in [0.29, 0.717) is 5.76 Å². The lowest BCUT2D eigenvalue weighted by Gasteiger charge is -2.16. The standard InChI is InChI=1S/C26H24N2O6S/c1-18(23-13-5-8-19-7-2-3-12-24(19)23)28-25(29)17-34-26(30)20-9-4-11-22(15-20)35(31,32)27-16-21-10-6-14-33-21/h2-15,18,27H,16-17H2,1H3,(H,28,29). The molecule has 4 aromatic rings. The van der Waals surface area contributed by atoms with Crippen LogP contribution in [0.1, 0.15) is 34.6 Å². The Hall–Kier alpha value is -3.95. The number of esters is 1. The number of carbonyl (C=O) groups is 2. The van der Waals surface area contributed by atoms with Crippen LogP contribution in [0.15, 0.2) is 94.4 Å². The minimum Gasteiger partial charge on any atom is -0.468 e. The van der Waals surface area contributed by atoms with Gasteiger partial charge in [-0.1, -0.05) is 48.5 Å². The van der Waals surface area contributed by atoms with Gasteiger partial charge in [0.25, 0.3) is 5.91 Å². The van der Waals surface area contributed by atoms with E-state index in [2.05, 4.69) is 10.0 Å². The smallest absolute Gasteiger partial charge is 0.338 e. The molecular formula is C26H24N2O6S. The first-order valence-electron chi connectivity index (χ1n) is 10.9. The van der Waals surface area contributed by atoms with Crippen molar-refractivity contribution in [1.29, 1.82) is 0 Å². The van der Waals surface area contributed by atoms with Gasteiger partial charge in [0.1, 0.15) is 5.76 Å². The Labute approximate surface area is 203 Å². The third kappa shape index (κ3) is 5.95. The SMILES string of the molecule is CC(NC(=O)COC(=O)c1cccc(S(=O)(=O)NCc2ccco2)c1)c1cccc2ccccc12. The van der Waals surface area contributed by atoms with Crippen LogP contribution in [0.25, 0.3) is 10.8 Å². The van der Waals surface area contributed by atoms with Crippen LogP contribution in [0.4, 0.5) is 0 Å². The van der Waals surface area contributed by atoms with Gasteiger partial charge in [-0.25, -0.2) is 17.9 Å². The van der Waals surface area contributed by atoms with Crippen LogP contribution in [-0.2, 0) is 26.1 Å². The number of furan rings is 1. The van der Waals surface area contributed by atoms with Crippen molar-refractivity contribution in [3.8, 4) is 0 Å². The molecule has 0 saturated carbocycles. The van der Waals surface area contributed by atoms with Crippen molar-refractivity contribution in [3.63, 3.8) is 0 Å². The van der Waals surface area contributed by atoms with Gasteiger partial charge in [-0.15, -0.1) is 0 Å². The van der Waals surface area contributed by atoms with Crippen LogP contribution < -0.4 is 10.0 Å². The van der Waals surface area contributed by atoms with Gasteiger partial charge in [-0.2, -0.15) is 0 Å². The van der Waals surface area contributed by atoms with Crippen LogP contribution in [0, 0.1) is 0 Å². The van der Waals surface area contributed by atoms with Gasteiger partial charge in [0, 0.05) is 0 Å². The molecule has 4 rings (SSSR count). The summed E-state index contributed by atoms with van der Waals surface area (Å²) in [7, 11) is -3.89. The van der Waals surface area contributed by atoms with Gasteiger partial charge in [0.15, 0.2) is 6.61 Å². The molecule has 8 nitrogen and oxygen atoms in total. The lowest BCUT2D eigenvalue weighted by molar-refractivity contribution is -0.124. The number of hydrogen-bond acceptors (Lipinski definition) is 6. The molecule has 1 amide bonds. The van der Waals surface area contributed by atoms with Crippen molar-refractivity contribution in [2.45, 2.75) is 24.4 Å². The Morgan fingerprint density at radius 2 is 1.74 bits per heavy atom. The average Bonchev–Trinajstić information content (AvgIpc) is 3.40. The molecule has 0 fully saturated rings. The molecule has 1 unspecified atom stereocenters. The molecule has 0 aliphatic rings. The van der Waals surface area contributed by atoms with Crippen molar-refractivity contribution in [1.82, 2.24) is 10.0 Å². The summed E-state index contributed by atoms with van der Waals surface area (Å²) in [6.07, 6.45) is 1.44. The first-order valence-corrected chi connectivity index (χ1v) is 12.4. The minimum absolute atomic E-state index is 0.0146. The van der Waals surface area contributed by atoms with E-state index in [-0.39, 0.29) is 23.0 Å². The summed E-state index contributed by atoms with van der Waals surface area (Å²) in [5, 5.41) is 4.92. The summed E-state index contributed by atoms with van der Waals surface area (Å²) in [6.45, 7) is 1.33. The average molecular weight is 493 g/mol. The predicted molar refractivity (Wildman–Crippen MR) is 130 cm³/mol. The van der Waals surface area contributed by atoms with Crippen LogP contribution in [0.2, 0.25) is 0 Å². The van der Waals surface area contributed by atoms with E-state index in [9.17, 15) is 18.0 Å². The molecule has 0 aliphatic heterocycles. The lowest BCUT2D eigenvalue weighted by atomic mass is 10.00. The van der Waals surface area contributed by atoms with Gasteiger partial charge in [-0.3, -0.25) is 4.79 Å². The highest BCUT2D eigenvalue weighted by molar-refractivity contribution is 7.89. The summed E-state index contributed by atoms with van der Waals surface area (Å²) in [4.78, 5) is 24.8. The van der Waals surface area contributed by atoms with Gasteiger partial charge in [0.05, 0.1) is 29.3 Å². The monoisotopic (exact) mass is 492 g/mol. The highest BCUT2D eigenvalue weighted by atomic mass is 32.2. The molecule has 0 saturated heterocycles. The summed E-state index contributed by atoms with van der Waals surface area (Å²) in [5.74, 6) is -0.823. The molecule has 1 aromatic heterocycles. The van der Waals surface area contributed by atoms with E-state index >= 15 is 0 Å².